The lowest BCUT2D eigenvalue weighted by molar-refractivity contribution is -0.0494. The molecule has 0 bridgehead atoms. The Morgan fingerprint density at radius 3 is 2.70 bits per heavy atom. The number of anilines is 1. The molecule has 0 aliphatic carbocycles. The molecule has 2 rings (SSSR count). The fourth-order valence-corrected chi connectivity index (χ4v) is 1.97. The predicted octanol–water partition coefficient (Wildman–Crippen LogP) is 2.28. The van der Waals surface area contributed by atoms with Gasteiger partial charge in [0.15, 0.2) is 5.69 Å². The molecule has 0 saturated heterocycles. The Bertz CT molecular complexity index is 758. The maximum absolute atomic E-state index is 12.4. The van der Waals surface area contributed by atoms with Crippen molar-refractivity contribution in [2.24, 2.45) is 7.05 Å². The Labute approximate surface area is 129 Å². The fraction of sp³-hybridized carbons (Fsp3) is 0.214. The summed E-state index contributed by atoms with van der Waals surface area (Å²) in [6, 6.07) is 4.32. The van der Waals surface area contributed by atoms with Gasteiger partial charge in [-0.25, -0.2) is 4.79 Å². The number of aryl methyl sites for hydroxylation is 2. The van der Waals surface area contributed by atoms with Crippen LogP contribution in [0.15, 0.2) is 24.4 Å². The number of carboxylic acid groups (broad SMARTS) is 1. The van der Waals surface area contributed by atoms with Crippen LogP contribution >= 0.6 is 0 Å². The van der Waals surface area contributed by atoms with Gasteiger partial charge in [0.05, 0.1) is 17.4 Å². The van der Waals surface area contributed by atoms with Crippen LogP contribution < -0.4 is 10.1 Å². The van der Waals surface area contributed by atoms with Crippen LogP contribution in [0.25, 0.3) is 0 Å². The molecule has 2 N–H and O–H groups in total. The standard InChI is InChI=1S/C14H13F2N3O4/c1-7-3-4-9(10(5-7)23-14(15)16)18-12(20)8-6-17-19(2)11(8)13(21)22/h3-6,14H,1-2H3,(H,18,20)(H,21,22). The highest BCUT2D eigenvalue weighted by atomic mass is 19.3. The number of halogens is 2. The number of nitrogens with one attached hydrogen (secondary N) is 1. The van der Waals surface area contributed by atoms with Gasteiger partial charge in [-0.2, -0.15) is 13.9 Å². The third-order valence-corrected chi connectivity index (χ3v) is 2.99. The van der Waals surface area contributed by atoms with Gasteiger partial charge in [-0.05, 0) is 24.6 Å². The van der Waals surface area contributed by atoms with E-state index in [4.69, 9.17) is 5.11 Å². The number of nitrogens with zero attached hydrogens (tertiary/aromatic N) is 2. The zero-order valence-electron chi connectivity index (χ0n) is 12.2. The quantitative estimate of drug-likeness (QED) is 0.879. The van der Waals surface area contributed by atoms with Crippen molar-refractivity contribution in [3.8, 4) is 5.75 Å². The zero-order chi connectivity index (χ0) is 17.1. The molecule has 0 fully saturated rings. The van der Waals surface area contributed by atoms with Crippen molar-refractivity contribution in [2.75, 3.05) is 5.32 Å². The minimum Gasteiger partial charge on any atom is -0.477 e. The smallest absolute Gasteiger partial charge is 0.387 e. The van der Waals surface area contributed by atoms with E-state index in [-0.39, 0.29) is 22.7 Å². The second-order valence-corrected chi connectivity index (χ2v) is 4.67. The SMILES string of the molecule is Cc1ccc(NC(=O)c2cnn(C)c2C(=O)O)c(OC(F)F)c1. The third kappa shape index (κ3) is 3.62. The van der Waals surface area contributed by atoms with Gasteiger partial charge >= 0.3 is 12.6 Å². The zero-order valence-corrected chi connectivity index (χ0v) is 12.2. The number of carboxylic acids is 1. The highest BCUT2D eigenvalue weighted by molar-refractivity contribution is 6.10. The summed E-state index contributed by atoms with van der Waals surface area (Å²) in [4.78, 5) is 23.4. The molecule has 0 radical (unpaired) electrons. The topological polar surface area (TPSA) is 93.5 Å². The second kappa shape index (κ2) is 6.42. The average molecular weight is 325 g/mol. The summed E-state index contributed by atoms with van der Waals surface area (Å²) in [6.45, 7) is -1.38. The number of amides is 1. The number of ether oxygens (including phenoxy) is 1. The first-order valence-corrected chi connectivity index (χ1v) is 6.41. The van der Waals surface area contributed by atoms with Gasteiger partial charge in [-0.1, -0.05) is 6.07 Å². The fourth-order valence-electron chi connectivity index (χ4n) is 1.97. The van der Waals surface area contributed by atoms with Gasteiger partial charge in [0, 0.05) is 7.05 Å². The minimum absolute atomic E-state index is 0.00101. The molecule has 2 aromatic rings. The Morgan fingerprint density at radius 1 is 1.39 bits per heavy atom. The summed E-state index contributed by atoms with van der Waals surface area (Å²) in [5, 5.41) is 15.2. The molecule has 1 aromatic heterocycles. The van der Waals surface area contributed by atoms with Crippen LogP contribution in [0, 0.1) is 6.92 Å². The van der Waals surface area contributed by atoms with E-state index in [0.29, 0.717) is 5.56 Å². The van der Waals surface area contributed by atoms with E-state index in [1.165, 1.54) is 19.2 Å². The van der Waals surface area contributed by atoms with Crippen LogP contribution in [0.4, 0.5) is 14.5 Å². The average Bonchev–Trinajstić information content (AvgIpc) is 2.83. The summed E-state index contributed by atoms with van der Waals surface area (Å²) >= 11 is 0. The first-order chi connectivity index (χ1) is 10.8. The number of alkyl halides is 2. The molecule has 0 atom stereocenters. The normalized spacial score (nSPS) is 10.7. The third-order valence-electron chi connectivity index (χ3n) is 2.99. The van der Waals surface area contributed by atoms with Gasteiger partial charge in [-0.15, -0.1) is 0 Å². The number of carbonyl (C=O) groups is 2. The highest BCUT2D eigenvalue weighted by Crippen LogP contribution is 2.28. The first kappa shape index (κ1) is 16.4. The van der Waals surface area contributed by atoms with Gasteiger partial charge in [0.25, 0.3) is 5.91 Å². The van der Waals surface area contributed by atoms with Crippen molar-refractivity contribution in [1.82, 2.24) is 9.78 Å². The molecule has 1 amide bonds. The van der Waals surface area contributed by atoms with Crippen LogP contribution in [0.1, 0.15) is 26.4 Å². The number of rotatable bonds is 5. The van der Waals surface area contributed by atoms with Crippen molar-refractivity contribution in [3.05, 3.63) is 41.2 Å². The molecule has 23 heavy (non-hydrogen) atoms. The molecule has 1 aromatic carbocycles. The number of aromatic nitrogens is 2. The summed E-state index contributed by atoms with van der Waals surface area (Å²) < 4.78 is 30.3. The Balaban J connectivity index is 2.32. The van der Waals surface area contributed by atoms with E-state index in [1.54, 1.807) is 13.0 Å². The van der Waals surface area contributed by atoms with Crippen LogP contribution in [-0.4, -0.2) is 33.4 Å². The number of hydrogen-bond acceptors (Lipinski definition) is 4. The molecule has 122 valence electrons. The molecular formula is C14H13F2N3O4. The lowest BCUT2D eigenvalue weighted by Gasteiger charge is -2.12. The van der Waals surface area contributed by atoms with Gasteiger partial charge in [-0.3, -0.25) is 9.48 Å². The van der Waals surface area contributed by atoms with Crippen molar-refractivity contribution in [2.45, 2.75) is 13.5 Å². The van der Waals surface area contributed by atoms with E-state index in [1.807, 2.05) is 0 Å². The van der Waals surface area contributed by atoms with Crippen LogP contribution in [0.3, 0.4) is 0 Å². The summed E-state index contributed by atoms with van der Waals surface area (Å²) in [7, 11) is 1.37. The molecule has 0 unspecified atom stereocenters. The van der Waals surface area contributed by atoms with Gasteiger partial charge in [0.2, 0.25) is 0 Å². The Morgan fingerprint density at radius 2 is 2.09 bits per heavy atom. The van der Waals surface area contributed by atoms with E-state index in [9.17, 15) is 18.4 Å². The van der Waals surface area contributed by atoms with Crippen molar-refractivity contribution < 1.29 is 28.2 Å². The number of aromatic carboxylic acids is 1. The number of hydrogen-bond donors (Lipinski definition) is 2. The van der Waals surface area contributed by atoms with E-state index < -0.39 is 18.5 Å². The van der Waals surface area contributed by atoms with Gasteiger partial charge in [0.1, 0.15) is 5.75 Å². The van der Waals surface area contributed by atoms with Crippen molar-refractivity contribution >= 4 is 17.6 Å². The molecular weight excluding hydrogens is 312 g/mol. The van der Waals surface area contributed by atoms with Gasteiger partial charge < -0.3 is 15.2 Å². The van der Waals surface area contributed by atoms with E-state index >= 15 is 0 Å². The summed E-state index contributed by atoms with van der Waals surface area (Å²) in [5.41, 5.74) is 0.154. The molecule has 0 aliphatic rings. The van der Waals surface area contributed by atoms with E-state index in [2.05, 4.69) is 15.2 Å². The molecule has 0 aliphatic heterocycles. The maximum atomic E-state index is 12.4. The lowest BCUT2D eigenvalue weighted by Crippen LogP contribution is -2.18. The molecule has 7 nitrogen and oxygen atoms in total. The van der Waals surface area contributed by atoms with E-state index in [0.717, 1.165) is 10.9 Å². The van der Waals surface area contributed by atoms with Crippen LogP contribution in [-0.2, 0) is 7.05 Å². The molecule has 1 heterocycles. The van der Waals surface area contributed by atoms with Crippen molar-refractivity contribution in [1.29, 1.82) is 0 Å². The van der Waals surface area contributed by atoms with Crippen molar-refractivity contribution in [3.63, 3.8) is 0 Å². The number of benzene rings is 1. The Kier molecular flexibility index (Phi) is 4.58. The summed E-state index contributed by atoms with van der Waals surface area (Å²) in [5.74, 6) is -2.34. The first-order valence-electron chi connectivity index (χ1n) is 6.41. The molecule has 0 saturated carbocycles. The molecule has 0 spiro atoms. The predicted molar refractivity (Wildman–Crippen MR) is 75.9 cm³/mol. The second-order valence-electron chi connectivity index (χ2n) is 4.67. The van der Waals surface area contributed by atoms with Crippen LogP contribution in [0.5, 0.6) is 5.75 Å². The number of carbonyl (C=O) groups excluding carboxylic acids is 1. The Hall–Kier alpha value is -2.97. The monoisotopic (exact) mass is 325 g/mol. The maximum Gasteiger partial charge on any atom is 0.387 e. The lowest BCUT2D eigenvalue weighted by atomic mass is 10.2. The molecule has 9 heteroatoms. The highest BCUT2D eigenvalue weighted by Gasteiger charge is 2.22. The minimum atomic E-state index is -3.06. The summed E-state index contributed by atoms with van der Waals surface area (Å²) in [6.07, 6.45) is 1.08. The van der Waals surface area contributed by atoms with Crippen LogP contribution in [0.2, 0.25) is 0 Å². The largest absolute Gasteiger partial charge is 0.477 e.